The Morgan fingerprint density at radius 2 is 1.83 bits per heavy atom. The molecular formula is C27H32N2O7. The molecule has 1 spiro atoms. The summed E-state index contributed by atoms with van der Waals surface area (Å²) in [5.41, 5.74) is -1.68. The lowest BCUT2D eigenvalue weighted by Crippen LogP contribution is -2.56. The Kier molecular flexibility index (Phi) is 6.38. The second-order valence-corrected chi connectivity index (χ2v) is 9.67. The van der Waals surface area contributed by atoms with E-state index in [1.807, 2.05) is 25.2 Å². The normalized spacial score (nSPS) is 33.1. The van der Waals surface area contributed by atoms with Crippen molar-refractivity contribution in [1.82, 2.24) is 4.90 Å². The van der Waals surface area contributed by atoms with Gasteiger partial charge in [0.25, 0.3) is 5.91 Å². The predicted molar refractivity (Wildman–Crippen MR) is 130 cm³/mol. The van der Waals surface area contributed by atoms with E-state index in [1.165, 1.54) is 0 Å². The Hall–Kier alpha value is -3.17. The third-order valence-corrected chi connectivity index (χ3v) is 7.89. The summed E-state index contributed by atoms with van der Waals surface area (Å²) in [6.07, 6.45) is 8.73. The van der Waals surface area contributed by atoms with Gasteiger partial charge in [-0.1, -0.05) is 25.2 Å². The number of cyclic esters (lactones) is 1. The molecule has 0 aromatic heterocycles. The number of aliphatic hydroxyl groups excluding tert-OH is 1. The fourth-order valence-corrected chi connectivity index (χ4v) is 6.22. The van der Waals surface area contributed by atoms with Crippen LogP contribution in [0, 0.1) is 11.8 Å². The molecule has 36 heavy (non-hydrogen) atoms. The Morgan fingerprint density at radius 3 is 2.53 bits per heavy atom. The quantitative estimate of drug-likeness (QED) is 0.349. The molecule has 5 rings (SSSR count). The van der Waals surface area contributed by atoms with E-state index in [-0.39, 0.29) is 31.6 Å². The van der Waals surface area contributed by atoms with Gasteiger partial charge in [0, 0.05) is 25.4 Å². The van der Waals surface area contributed by atoms with Crippen LogP contribution in [0.1, 0.15) is 26.2 Å². The molecule has 0 bridgehead atoms. The van der Waals surface area contributed by atoms with Gasteiger partial charge in [-0.25, -0.2) is 0 Å². The van der Waals surface area contributed by atoms with Crippen molar-refractivity contribution in [1.29, 1.82) is 0 Å². The first-order chi connectivity index (χ1) is 17.4. The summed E-state index contributed by atoms with van der Waals surface area (Å²) in [6, 6.07) is 6.23. The monoisotopic (exact) mass is 496 g/mol. The van der Waals surface area contributed by atoms with Crippen LogP contribution in [0.3, 0.4) is 0 Å². The van der Waals surface area contributed by atoms with Crippen LogP contribution in [-0.2, 0) is 23.9 Å². The molecule has 2 saturated heterocycles. The number of hydrogen-bond acceptors (Lipinski definition) is 7. The van der Waals surface area contributed by atoms with Gasteiger partial charge in [-0.2, -0.15) is 0 Å². The first-order valence-electron chi connectivity index (χ1n) is 12.5. The Balaban J connectivity index is 1.61. The molecule has 9 heteroatoms. The molecule has 1 aromatic rings. The summed E-state index contributed by atoms with van der Waals surface area (Å²) < 4.78 is 17.5. The van der Waals surface area contributed by atoms with Gasteiger partial charge in [-0.15, -0.1) is 0 Å². The standard InChI is InChI=1S/C27H32N2O7/c1-3-26-12-7-17-35-25(33)21(26)20-23(31)29(14-4-5-16-30)22-24(32)28(15-6-13-27(20,22)36-26)18-8-10-19(34-2)11-9-18/h6-13,20-22,30H,3-5,14-17H2,1-2H3/t20-,21-,22?,26+,27-/m0/s1. The fourth-order valence-electron chi connectivity index (χ4n) is 6.22. The van der Waals surface area contributed by atoms with Crippen LogP contribution < -0.4 is 9.64 Å². The number of benzene rings is 1. The highest BCUT2D eigenvalue weighted by atomic mass is 16.6. The Labute approximate surface area is 210 Å². The first kappa shape index (κ1) is 24.5. The van der Waals surface area contributed by atoms with Gasteiger partial charge in [0.05, 0.1) is 13.0 Å². The average molecular weight is 497 g/mol. The zero-order valence-corrected chi connectivity index (χ0v) is 20.6. The highest BCUT2D eigenvalue weighted by Crippen LogP contribution is 2.58. The van der Waals surface area contributed by atoms with Crippen LogP contribution in [0.2, 0.25) is 0 Å². The van der Waals surface area contributed by atoms with Gasteiger partial charge in [0.2, 0.25) is 5.91 Å². The lowest BCUT2D eigenvalue weighted by atomic mass is 9.73. The molecule has 0 aliphatic carbocycles. The number of fused-ring (bicyclic) bond motifs is 2. The highest BCUT2D eigenvalue weighted by Gasteiger charge is 2.75. The van der Waals surface area contributed by atoms with E-state index < -0.39 is 35.0 Å². The number of hydrogen-bond donors (Lipinski definition) is 1. The molecule has 9 nitrogen and oxygen atoms in total. The van der Waals surface area contributed by atoms with E-state index in [0.717, 1.165) is 0 Å². The number of methoxy groups -OCH3 is 1. The van der Waals surface area contributed by atoms with Crippen LogP contribution in [0.25, 0.3) is 0 Å². The maximum absolute atomic E-state index is 14.3. The number of amides is 2. The third kappa shape index (κ3) is 3.56. The van der Waals surface area contributed by atoms with Crippen molar-refractivity contribution >= 4 is 23.5 Å². The fraction of sp³-hybridized carbons (Fsp3) is 0.519. The second-order valence-electron chi connectivity index (χ2n) is 9.67. The Morgan fingerprint density at radius 1 is 1.06 bits per heavy atom. The summed E-state index contributed by atoms with van der Waals surface area (Å²) in [5.74, 6) is -2.12. The number of anilines is 1. The minimum atomic E-state index is -1.31. The number of carbonyl (C=O) groups is 3. The van der Waals surface area contributed by atoms with Crippen molar-refractivity contribution in [2.24, 2.45) is 11.8 Å². The van der Waals surface area contributed by atoms with E-state index in [9.17, 15) is 19.5 Å². The molecule has 1 aromatic carbocycles. The number of ether oxygens (including phenoxy) is 3. The van der Waals surface area contributed by atoms with Crippen molar-refractivity contribution in [3.8, 4) is 5.75 Å². The molecule has 0 radical (unpaired) electrons. The molecule has 4 aliphatic heterocycles. The van der Waals surface area contributed by atoms with Gasteiger partial charge in [-0.3, -0.25) is 14.4 Å². The number of carbonyl (C=O) groups excluding carboxylic acids is 3. The zero-order valence-electron chi connectivity index (χ0n) is 20.6. The van der Waals surface area contributed by atoms with Gasteiger partial charge in [0.1, 0.15) is 35.5 Å². The zero-order chi connectivity index (χ0) is 25.5. The van der Waals surface area contributed by atoms with Gasteiger partial charge >= 0.3 is 5.97 Å². The number of esters is 1. The summed E-state index contributed by atoms with van der Waals surface area (Å²) in [7, 11) is 1.58. The van der Waals surface area contributed by atoms with Gasteiger partial charge < -0.3 is 29.1 Å². The molecule has 1 N–H and O–H groups in total. The second kappa shape index (κ2) is 9.37. The minimum absolute atomic E-state index is 0.0116. The molecule has 1 unspecified atom stereocenters. The topological polar surface area (TPSA) is 106 Å². The number of aliphatic hydroxyl groups is 1. The number of unbranched alkanes of at least 4 members (excludes halogenated alkanes) is 1. The van der Waals surface area contributed by atoms with E-state index in [1.54, 1.807) is 47.3 Å². The molecule has 2 fully saturated rings. The van der Waals surface area contributed by atoms with E-state index in [4.69, 9.17) is 14.2 Å². The molecule has 2 amide bonds. The van der Waals surface area contributed by atoms with Gasteiger partial charge in [-0.05, 0) is 49.6 Å². The lowest BCUT2D eigenvalue weighted by Gasteiger charge is -2.38. The summed E-state index contributed by atoms with van der Waals surface area (Å²) >= 11 is 0. The highest BCUT2D eigenvalue weighted by molar-refractivity contribution is 6.05. The number of likely N-dealkylation sites (tertiary alicyclic amines) is 1. The van der Waals surface area contributed by atoms with Crippen LogP contribution in [0.4, 0.5) is 5.69 Å². The van der Waals surface area contributed by atoms with Crippen molar-refractivity contribution in [2.45, 2.75) is 43.4 Å². The van der Waals surface area contributed by atoms with E-state index in [0.29, 0.717) is 37.2 Å². The maximum atomic E-state index is 14.3. The van der Waals surface area contributed by atoms with Crippen LogP contribution in [0.5, 0.6) is 5.75 Å². The molecule has 4 heterocycles. The lowest BCUT2D eigenvalue weighted by molar-refractivity contribution is -0.157. The molecule has 192 valence electrons. The SMILES string of the molecule is CC[C@@]12C=CCOC(=O)[C@@H]1[C@H]1C(=O)N(CCCCO)C3C(=O)N(c4ccc(OC)cc4)CC=C[C@@]31O2. The van der Waals surface area contributed by atoms with E-state index >= 15 is 0 Å². The largest absolute Gasteiger partial charge is 0.497 e. The number of rotatable bonds is 7. The van der Waals surface area contributed by atoms with Crippen molar-refractivity contribution in [2.75, 3.05) is 38.3 Å². The van der Waals surface area contributed by atoms with Crippen LogP contribution in [-0.4, -0.2) is 78.4 Å². The molecule has 0 saturated carbocycles. The number of nitrogens with zero attached hydrogens (tertiary/aromatic N) is 2. The first-order valence-corrected chi connectivity index (χ1v) is 12.5. The summed E-state index contributed by atoms with van der Waals surface area (Å²) in [4.78, 5) is 44.7. The average Bonchev–Trinajstić information content (AvgIpc) is 3.16. The summed E-state index contributed by atoms with van der Waals surface area (Å²) in [5, 5.41) is 9.32. The molecule has 4 aliphatic rings. The van der Waals surface area contributed by atoms with Crippen molar-refractivity contribution in [3.05, 3.63) is 48.6 Å². The predicted octanol–water partition coefficient (Wildman–Crippen LogP) is 1.84. The minimum Gasteiger partial charge on any atom is -0.497 e. The Bertz CT molecular complexity index is 1100. The molecular weight excluding hydrogens is 464 g/mol. The van der Waals surface area contributed by atoms with Crippen LogP contribution in [0.15, 0.2) is 48.6 Å². The maximum Gasteiger partial charge on any atom is 0.313 e. The van der Waals surface area contributed by atoms with Crippen molar-refractivity contribution < 1.29 is 33.7 Å². The summed E-state index contributed by atoms with van der Waals surface area (Å²) in [6.45, 7) is 2.60. The van der Waals surface area contributed by atoms with Crippen LogP contribution >= 0.6 is 0 Å². The van der Waals surface area contributed by atoms with Crippen molar-refractivity contribution in [3.63, 3.8) is 0 Å². The third-order valence-electron chi connectivity index (χ3n) is 7.89. The van der Waals surface area contributed by atoms with E-state index in [2.05, 4.69) is 0 Å². The van der Waals surface area contributed by atoms with Gasteiger partial charge in [0.15, 0.2) is 0 Å². The smallest absolute Gasteiger partial charge is 0.313 e. The molecule has 5 atom stereocenters.